The van der Waals surface area contributed by atoms with Gasteiger partial charge in [0, 0.05) is 12.0 Å². The number of rotatable bonds is 5. The smallest absolute Gasteiger partial charge is 0.329 e. The summed E-state index contributed by atoms with van der Waals surface area (Å²) in [5, 5.41) is 21.3. The monoisotopic (exact) mass is 322 g/mol. The largest absolute Gasteiger partial charge is 0.480 e. The van der Waals surface area contributed by atoms with Crippen molar-refractivity contribution in [3.8, 4) is 11.4 Å². The highest BCUT2D eigenvalue weighted by Gasteiger charge is 2.25. The van der Waals surface area contributed by atoms with Gasteiger partial charge in [0.25, 0.3) is 0 Å². The second-order valence-corrected chi connectivity index (χ2v) is 5.79. The molecule has 0 saturated heterocycles. The maximum absolute atomic E-state index is 11.8. The maximum Gasteiger partial charge on any atom is 0.329 e. The Bertz CT molecular complexity index is 858. The lowest BCUT2D eigenvalue weighted by atomic mass is 10.0. The number of hydrogen-bond donors (Lipinski definition) is 1. The van der Waals surface area contributed by atoms with Crippen molar-refractivity contribution >= 4 is 5.97 Å². The number of carbonyl (C=O) groups is 1. The first-order chi connectivity index (χ1) is 11.6. The molecule has 1 unspecified atom stereocenters. The van der Waals surface area contributed by atoms with E-state index in [-0.39, 0.29) is 0 Å². The fraction of sp³-hybridized carbons (Fsp3) is 0.222. The lowest BCUT2D eigenvalue weighted by molar-refractivity contribution is -0.141. The standard InChI is InChI=1S/C18H18N4O2/c1-12-8-9-15(10-13(12)2)17-19-20-21-22(17)16(18(23)24)11-14-6-4-3-5-7-14/h3-10,16H,11H2,1-2H3,(H,23,24). The molecule has 0 saturated carbocycles. The summed E-state index contributed by atoms with van der Waals surface area (Å²) in [5.74, 6) is -0.502. The molecule has 0 aliphatic rings. The number of nitrogens with zero attached hydrogens (tertiary/aromatic N) is 4. The third kappa shape index (κ3) is 3.17. The topological polar surface area (TPSA) is 80.9 Å². The van der Waals surface area contributed by atoms with E-state index in [1.165, 1.54) is 4.68 Å². The average molecular weight is 322 g/mol. The number of benzene rings is 2. The maximum atomic E-state index is 11.8. The zero-order valence-electron chi connectivity index (χ0n) is 13.5. The molecular formula is C18H18N4O2. The molecule has 0 amide bonds. The number of aryl methyl sites for hydroxylation is 2. The Morgan fingerprint density at radius 1 is 1.12 bits per heavy atom. The number of aliphatic carboxylic acids is 1. The van der Waals surface area contributed by atoms with Crippen LogP contribution in [0.25, 0.3) is 11.4 Å². The van der Waals surface area contributed by atoms with Crippen LogP contribution in [-0.4, -0.2) is 31.3 Å². The van der Waals surface area contributed by atoms with Crippen molar-refractivity contribution in [2.24, 2.45) is 0 Å². The minimum absolute atomic E-state index is 0.319. The Hall–Kier alpha value is -3.02. The van der Waals surface area contributed by atoms with Gasteiger partial charge in [0.15, 0.2) is 11.9 Å². The molecule has 0 radical (unpaired) electrons. The molecule has 0 spiro atoms. The molecule has 3 aromatic rings. The molecule has 3 rings (SSSR count). The van der Waals surface area contributed by atoms with Crippen LogP contribution in [0.15, 0.2) is 48.5 Å². The highest BCUT2D eigenvalue weighted by atomic mass is 16.4. The third-order valence-corrected chi connectivity index (χ3v) is 4.11. The number of carboxylic acid groups (broad SMARTS) is 1. The molecule has 0 aliphatic heterocycles. The van der Waals surface area contributed by atoms with Crippen molar-refractivity contribution in [1.29, 1.82) is 0 Å². The molecule has 0 fully saturated rings. The Balaban J connectivity index is 1.99. The molecule has 1 heterocycles. The summed E-state index contributed by atoms with van der Waals surface area (Å²) in [6, 6.07) is 14.5. The van der Waals surface area contributed by atoms with Crippen LogP contribution in [0, 0.1) is 13.8 Å². The summed E-state index contributed by atoms with van der Waals surface area (Å²) in [7, 11) is 0. The SMILES string of the molecule is Cc1ccc(-c2nnnn2C(Cc2ccccc2)C(=O)O)cc1C. The molecule has 2 aromatic carbocycles. The van der Waals surface area contributed by atoms with E-state index < -0.39 is 12.0 Å². The number of tetrazole rings is 1. The van der Waals surface area contributed by atoms with Crippen LogP contribution in [0.3, 0.4) is 0 Å². The fourth-order valence-electron chi connectivity index (χ4n) is 2.59. The summed E-state index contributed by atoms with van der Waals surface area (Å²) < 4.78 is 1.39. The first-order valence-electron chi connectivity index (χ1n) is 7.68. The molecule has 122 valence electrons. The Morgan fingerprint density at radius 2 is 1.88 bits per heavy atom. The van der Waals surface area contributed by atoms with Gasteiger partial charge in [0.05, 0.1) is 0 Å². The first kappa shape index (κ1) is 15.9. The van der Waals surface area contributed by atoms with Crippen LogP contribution >= 0.6 is 0 Å². The van der Waals surface area contributed by atoms with Gasteiger partial charge >= 0.3 is 5.97 Å². The van der Waals surface area contributed by atoms with Crippen molar-refractivity contribution in [1.82, 2.24) is 20.2 Å². The lowest BCUT2D eigenvalue weighted by Crippen LogP contribution is -2.23. The molecular weight excluding hydrogens is 304 g/mol. The molecule has 6 nitrogen and oxygen atoms in total. The van der Waals surface area contributed by atoms with Gasteiger partial charge in [-0.15, -0.1) is 5.10 Å². The molecule has 0 aliphatic carbocycles. The zero-order chi connectivity index (χ0) is 17.1. The van der Waals surface area contributed by atoms with E-state index in [4.69, 9.17) is 0 Å². The second kappa shape index (κ2) is 6.62. The predicted molar refractivity (Wildman–Crippen MR) is 89.5 cm³/mol. The minimum Gasteiger partial charge on any atom is -0.480 e. The van der Waals surface area contributed by atoms with Crippen molar-refractivity contribution in [3.05, 3.63) is 65.2 Å². The summed E-state index contributed by atoms with van der Waals surface area (Å²) in [6.07, 6.45) is 0.319. The van der Waals surface area contributed by atoms with Gasteiger partial charge in [0.1, 0.15) is 0 Å². The Labute approximate surface area is 139 Å². The van der Waals surface area contributed by atoms with E-state index in [1.54, 1.807) is 0 Å². The average Bonchev–Trinajstić information content (AvgIpc) is 3.05. The lowest BCUT2D eigenvalue weighted by Gasteiger charge is -2.14. The second-order valence-electron chi connectivity index (χ2n) is 5.79. The van der Waals surface area contributed by atoms with Gasteiger partial charge in [0.2, 0.25) is 0 Å². The van der Waals surface area contributed by atoms with Crippen LogP contribution in [-0.2, 0) is 11.2 Å². The van der Waals surface area contributed by atoms with Gasteiger partial charge in [-0.25, -0.2) is 9.48 Å². The predicted octanol–water partition coefficient (Wildman–Crippen LogP) is 2.83. The van der Waals surface area contributed by atoms with Gasteiger partial charge in [-0.3, -0.25) is 0 Å². The number of aromatic nitrogens is 4. The van der Waals surface area contributed by atoms with E-state index in [0.717, 1.165) is 22.3 Å². The van der Waals surface area contributed by atoms with Crippen LogP contribution in [0.5, 0.6) is 0 Å². The van der Waals surface area contributed by atoms with Crippen LogP contribution < -0.4 is 0 Å². The van der Waals surface area contributed by atoms with Gasteiger partial charge in [-0.2, -0.15) is 0 Å². The van der Waals surface area contributed by atoms with Crippen molar-refractivity contribution < 1.29 is 9.90 Å². The highest BCUT2D eigenvalue weighted by Crippen LogP contribution is 2.24. The first-order valence-corrected chi connectivity index (χ1v) is 7.68. The highest BCUT2D eigenvalue weighted by molar-refractivity contribution is 5.73. The summed E-state index contributed by atoms with van der Waals surface area (Å²) in [4.78, 5) is 11.8. The Kier molecular flexibility index (Phi) is 4.37. The Morgan fingerprint density at radius 3 is 2.54 bits per heavy atom. The fourth-order valence-corrected chi connectivity index (χ4v) is 2.59. The van der Waals surface area contributed by atoms with E-state index >= 15 is 0 Å². The van der Waals surface area contributed by atoms with E-state index in [9.17, 15) is 9.90 Å². The van der Waals surface area contributed by atoms with Crippen molar-refractivity contribution in [3.63, 3.8) is 0 Å². The van der Waals surface area contributed by atoms with Crippen molar-refractivity contribution in [2.75, 3.05) is 0 Å². The van der Waals surface area contributed by atoms with Crippen LogP contribution in [0.1, 0.15) is 22.7 Å². The van der Waals surface area contributed by atoms with Crippen LogP contribution in [0.2, 0.25) is 0 Å². The minimum atomic E-state index is -0.962. The normalized spacial score (nSPS) is 12.1. The number of hydrogen-bond acceptors (Lipinski definition) is 4. The van der Waals surface area contributed by atoms with Crippen molar-refractivity contribution in [2.45, 2.75) is 26.3 Å². The molecule has 1 atom stereocenters. The summed E-state index contributed by atoms with van der Waals surface area (Å²) >= 11 is 0. The van der Waals surface area contributed by atoms with Gasteiger partial charge in [-0.1, -0.05) is 42.5 Å². The molecule has 0 bridgehead atoms. The van der Waals surface area contributed by atoms with Gasteiger partial charge < -0.3 is 5.11 Å². The molecule has 1 aromatic heterocycles. The summed E-state index contributed by atoms with van der Waals surface area (Å²) in [6.45, 7) is 4.03. The molecule has 24 heavy (non-hydrogen) atoms. The van der Waals surface area contributed by atoms with E-state index in [0.29, 0.717) is 12.2 Å². The number of carboxylic acids is 1. The molecule has 6 heteroatoms. The third-order valence-electron chi connectivity index (χ3n) is 4.11. The summed E-state index contributed by atoms with van der Waals surface area (Å²) in [5.41, 5.74) is 4.00. The molecule has 1 N–H and O–H groups in total. The van der Waals surface area contributed by atoms with Gasteiger partial charge in [-0.05, 0) is 47.0 Å². The zero-order valence-corrected chi connectivity index (χ0v) is 13.5. The van der Waals surface area contributed by atoms with Crippen LogP contribution in [0.4, 0.5) is 0 Å². The van der Waals surface area contributed by atoms with E-state index in [2.05, 4.69) is 15.5 Å². The van der Waals surface area contributed by atoms with E-state index in [1.807, 2.05) is 62.4 Å². The quantitative estimate of drug-likeness (QED) is 0.781.